The summed E-state index contributed by atoms with van der Waals surface area (Å²) < 4.78 is 7.41. The van der Waals surface area contributed by atoms with Gasteiger partial charge >= 0.3 is 0 Å². The van der Waals surface area contributed by atoms with Gasteiger partial charge in [0.25, 0.3) is 0 Å². The van der Waals surface area contributed by atoms with Gasteiger partial charge in [0.05, 0.1) is 13.7 Å². The number of Topliss-reactive ketones (excluding diaryl/α,β-unsaturated/α-hetero) is 1. The van der Waals surface area contributed by atoms with E-state index in [0.717, 1.165) is 27.9 Å². The number of fused-ring (bicyclic) bond motifs is 1. The number of nitrogens with zero attached hydrogens (tertiary/aromatic N) is 1. The molecule has 0 unspecified atom stereocenters. The second-order valence-electron chi connectivity index (χ2n) is 6.69. The van der Waals surface area contributed by atoms with E-state index < -0.39 is 0 Å². The summed E-state index contributed by atoms with van der Waals surface area (Å²) in [7, 11) is 1.65. The minimum absolute atomic E-state index is 0.228. The lowest BCUT2D eigenvalue weighted by Crippen LogP contribution is -2.13. The molecular formula is C21H22ClNO2. The van der Waals surface area contributed by atoms with Crippen LogP contribution in [0.15, 0.2) is 48.5 Å². The minimum Gasteiger partial charge on any atom is -0.497 e. The van der Waals surface area contributed by atoms with Crippen LogP contribution < -0.4 is 4.74 Å². The fourth-order valence-corrected chi connectivity index (χ4v) is 3.32. The van der Waals surface area contributed by atoms with Crippen LogP contribution in [0, 0.1) is 5.92 Å². The molecule has 25 heavy (non-hydrogen) atoms. The van der Waals surface area contributed by atoms with E-state index in [9.17, 15) is 4.79 Å². The number of methoxy groups -OCH3 is 1. The highest BCUT2D eigenvalue weighted by atomic mass is 35.5. The molecule has 0 N–H and O–H groups in total. The number of carbonyl (C=O) groups excluding carboxylic acids is 1. The van der Waals surface area contributed by atoms with Gasteiger partial charge in [0.2, 0.25) is 0 Å². The van der Waals surface area contributed by atoms with Crippen LogP contribution >= 0.6 is 11.6 Å². The predicted molar refractivity (Wildman–Crippen MR) is 103 cm³/mol. The first-order valence-electron chi connectivity index (χ1n) is 8.43. The lowest BCUT2D eigenvalue weighted by Gasteiger charge is -2.12. The van der Waals surface area contributed by atoms with Gasteiger partial charge in [0.15, 0.2) is 5.78 Å². The van der Waals surface area contributed by atoms with Crippen molar-refractivity contribution in [3.05, 3.63) is 53.6 Å². The maximum atomic E-state index is 12.5. The summed E-state index contributed by atoms with van der Waals surface area (Å²) in [5, 5.41) is 1.73. The summed E-state index contributed by atoms with van der Waals surface area (Å²) in [6.07, 6.45) is 0.574. The van der Waals surface area contributed by atoms with E-state index in [-0.39, 0.29) is 5.78 Å². The molecule has 0 radical (unpaired) electrons. The molecule has 0 atom stereocenters. The first kappa shape index (κ1) is 17.6. The molecule has 0 saturated carbocycles. The predicted octanol–water partition coefficient (Wildman–Crippen LogP) is 5.59. The standard InChI is InChI=1S/C21H22ClNO2/c1-14(2)9-18(24)13-23-20-8-7-19(25-3)11-16(20)12-21(23)15-5-4-6-17(22)10-15/h4-8,10-12,14H,9,13H2,1-3H3. The summed E-state index contributed by atoms with van der Waals surface area (Å²) in [4.78, 5) is 12.5. The number of hydrogen-bond acceptors (Lipinski definition) is 2. The van der Waals surface area contributed by atoms with Crippen LogP contribution in [0.25, 0.3) is 22.2 Å². The van der Waals surface area contributed by atoms with Crippen LogP contribution in [0.5, 0.6) is 5.75 Å². The average molecular weight is 356 g/mol. The zero-order valence-corrected chi connectivity index (χ0v) is 15.5. The Morgan fingerprint density at radius 1 is 1.16 bits per heavy atom. The zero-order valence-electron chi connectivity index (χ0n) is 14.8. The third-order valence-electron chi connectivity index (χ3n) is 4.20. The molecule has 0 aliphatic heterocycles. The second kappa shape index (κ2) is 7.32. The SMILES string of the molecule is COc1ccc2c(c1)cc(-c1cccc(Cl)c1)n2CC(=O)CC(C)C. The molecule has 3 nitrogen and oxygen atoms in total. The lowest BCUT2D eigenvalue weighted by atomic mass is 10.1. The summed E-state index contributed by atoms with van der Waals surface area (Å²) in [5.74, 6) is 1.38. The van der Waals surface area contributed by atoms with Crippen LogP contribution in [-0.4, -0.2) is 17.5 Å². The monoisotopic (exact) mass is 355 g/mol. The van der Waals surface area contributed by atoms with Crippen LogP contribution in [0.1, 0.15) is 20.3 Å². The number of carbonyl (C=O) groups is 1. The molecular weight excluding hydrogens is 334 g/mol. The third-order valence-corrected chi connectivity index (χ3v) is 4.43. The summed E-state index contributed by atoms with van der Waals surface area (Å²) in [6, 6.07) is 15.7. The number of benzene rings is 2. The van der Waals surface area contributed by atoms with Crippen molar-refractivity contribution in [3.8, 4) is 17.0 Å². The van der Waals surface area contributed by atoms with E-state index in [1.807, 2.05) is 42.5 Å². The molecule has 3 aromatic rings. The van der Waals surface area contributed by atoms with Gasteiger partial charge in [0.1, 0.15) is 5.75 Å². The first-order chi connectivity index (χ1) is 12.0. The highest BCUT2D eigenvalue weighted by Crippen LogP contribution is 2.32. The Labute approximate surface area is 153 Å². The topological polar surface area (TPSA) is 31.2 Å². The summed E-state index contributed by atoms with van der Waals surface area (Å²) in [6.45, 7) is 4.48. The van der Waals surface area contributed by atoms with Crippen molar-refractivity contribution in [1.29, 1.82) is 0 Å². The van der Waals surface area contributed by atoms with Crippen molar-refractivity contribution in [2.75, 3.05) is 7.11 Å². The van der Waals surface area contributed by atoms with E-state index in [2.05, 4.69) is 24.5 Å². The Morgan fingerprint density at radius 3 is 2.64 bits per heavy atom. The molecule has 0 aliphatic rings. The molecule has 1 aromatic heterocycles. The number of aromatic nitrogens is 1. The molecule has 0 spiro atoms. The van der Waals surface area contributed by atoms with Crippen molar-refractivity contribution in [1.82, 2.24) is 4.57 Å². The number of ketones is 1. The molecule has 0 amide bonds. The van der Waals surface area contributed by atoms with Gasteiger partial charge in [-0.1, -0.05) is 37.6 Å². The second-order valence-corrected chi connectivity index (χ2v) is 7.12. The van der Waals surface area contributed by atoms with Crippen molar-refractivity contribution in [2.24, 2.45) is 5.92 Å². The van der Waals surface area contributed by atoms with Gasteiger partial charge < -0.3 is 9.30 Å². The molecule has 130 valence electrons. The number of hydrogen-bond donors (Lipinski definition) is 0. The molecule has 0 aliphatic carbocycles. The van der Waals surface area contributed by atoms with E-state index >= 15 is 0 Å². The van der Waals surface area contributed by atoms with Crippen LogP contribution in [0.3, 0.4) is 0 Å². The minimum atomic E-state index is 0.228. The average Bonchev–Trinajstić information content (AvgIpc) is 2.91. The Kier molecular flexibility index (Phi) is 5.14. The van der Waals surface area contributed by atoms with E-state index in [1.165, 1.54) is 0 Å². The van der Waals surface area contributed by atoms with Crippen molar-refractivity contribution in [3.63, 3.8) is 0 Å². The van der Waals surface area contributed by atoms with Crippen LogP contribution in [0.2, 0.25) is 5.02 Å². The Morgan fingerprint density at radius 2 is 1.96 bits per heavy atom. The zero-order chi connectivity index (χ0) is 18.0. The molecule has 2 aromatic carbocycles. The molecule has 0 fully saturated rings. The van der Waals surface area contributed by atoms with E-state index in [0.29, 0.717) is 23.9 Å². The highest BCUT2D eigenvalue weighted by Gasteiger charge is 2.15. The van der Waals surface area contributed by atoms with Crippen molar-refractivity contribution < 1.29 is 9.53 Å². The van der Waals surface area contributed by atoms with E-state index in [4.69, 9.17) is 16.3 Å². The van der Waals surface area contributed by atoms with Gasteiger partial charge in [-0.25, -0.2) is 0 Å². The highest BCUT2D eigenvalue weighted by molar-refractivity contribution is 6.30. The van der Waals surface area contributed by atoms with Gasteiger partial charge in [0, 0.05) is 28.0 Å². The summed E-state index contributed by atoms with van der Waals surface area (Å²) in [5.41, 5.74) is 3.01. The normalized spacial score (nSPS) is 11.2. The van der Waals surface area contributed by atoms with Crippen molar-refractivity contribution >= 4 is 28.3 Å². The Bertz CT molecular complexity index is 911. The van der Waals surface area contributed by atoms with Gasteiger partial charge in [-0.05, 0) is 47.9 Å². The molecule has 1 heterocycles. The number of rotatable bonds is 6. The van der Waals surface area contributed by atoms with Crippen LogP contribution in [0.4, 0.5) is 0 Å². The van der Waals surface area contributed by atoms with Gasteiger partial charge in [-0.15, -0.1) is 0 Å². The number of ether oxygens (including phenoxy) is 1. The lowest BCUT2D eigenvalue weighted by molar-refractivity contribution is -0.120. The first-order valence-corrected chi connectivity index (χ1v) is 8.80. The van der Waals surface area contributed by atoms with Crippen LogP contribution in [-0.2, 0) is 11.3 Å². The quantitative estimate of drug-likeness (QED) is 0.577. The largest absolute Gasteiger partial charge is 0.497 e. The number of halogens is 1. The molecule has 0 bridgehead atoms. The fourth-order valence-electron chi connectivity index (χ4n) is 3.13. The maximum absolute atomic E-state index is 12.5. The maximum Gasteiger partial charge on any atom is 0.152 e. The van der Waals surface area contributed by atoms with Gasteiger partial charge in [-0.2, -0.15) is 0 Å². The Hall–Kier alpha value is -2.26. The molecule has 4 heteroatoms. The summed E-state index contributed by atoms with van der Waals surface area (Å²) >= 11 is 6.17. The smallest absolute Gasteiger partial charge is 0.152 e. The van der Waals surface area contributed by atoms with Crippen molar-refractivity contribution in [2.45, 2.75) is 26.8 Å². The van der Waals surface area contributed by atoms with Gasteiger partial charge in [-0.3, -0.25) is 4.79 Å². The molecule has 0 saturated heterocycles. The fraction of sp³-hybridized carbons (Fsp3) is 0.286. The third kappa shape index (κ3) is 3.88. The Balaban J connectivity index is 2.13. The van der Waals surface area contributed by atoms with E-state index in [1.54, 1.807) is 7.11 Å². The molecule has 3 rings (SSSR count).